The van der Waals surface area contributed by atoms with Crippen LogP contribution in [0.5, 0.6) is 0 Å². The molecule has 0 bridgehead atoms. The number of aliphatic carboxylic acids is 1. The highest BCUT2D eigenvalue weighted by molar-refractivity contribution is 5.81. The van der Waals surface area contributed by atoms with E-state index in [4.69, 9.17) is 5.11 Å². The molecule has 4 heteroatoms. The second kappa shape index (κ2) is 2.53. The van der Waals surface area contributed by atoms with Gasteiger partial charge in [-0.2, -0.15) is 0 Å². The van der Waals surface area contributed by atoms with Gasteiger partial charge in [0.05, 0.1) is 0 Å². The summed E-state index contributed by atoms with van der Waals surface area (Å²) in [5, 5.41) is 11.1. The van der Waals surface area contributed by atoms with Crippen LogP contribution in [0.15, 0.2) is 0 Å². The lowest BCUT2D eigenvalue weighted by molar-refractivity contribution is -0.146. The average Bonchev–Trinajstić information content (AvgIpc) is 2.68. The first-order valence-corrected chi connectivity index (χ1v) is 3.56. The molecule has 0 heterocycles. The summed E-state index contributed by atoms with van der Waals surface area (Å²) in [6, 6.07) is 0. The molecule has 1 atom stereocenters. The zero-order chi connectivity index (χ0) is 8.48. The highest BCUT2D eigenvalue weighted by atomic mass is 16.4. The van der Waals surface area contributed by atoms with E-state index in [0.29, 0.717) is 6.41 Å². The van der Waals surface area contributed by atoms with Gasteiger partial charge in [0, 0.05) is 0 Å². The Bertz CT molecular complexity index is 188. The molecule has 1 rings (SSSR count). The quantitative estimate of drug-likeness (QED) is 0.564. The number of hydrogen-bond donors (Lipinski definition) is 2. The van der Waals surface area contributed by atoms with Crippen molar-refractivity contribution in [2.75, 3.05) is 0 Å². The number of carboxylic acids is 1. The van der Waals surface area contributed by atoms with Crippen molar-refractivity contribution in [3.8, 4) is 0 Å². The van der Waals surface area contributed by atoms with E-state index in [0.717, 1.165) is 12.8 Å². The minimum Gasteiger partial charge on any atom is -0.480 e. The SMILES string of the molecule is CC(NC=O)(C(=O)O)C1CC1. The minimum atomic E-state index is -1.04. The summed E-state index contributed by atoms with van der Waals surface area (Å²) in [7, 11) is 0. The first-order valence-electron chi connectivity index (χ1n) is 3.56. The van der Waals surface area contributed by atoms with Crippen molar-refractivity contribution in [2.24, 2.45) is 5.92 Å². The molecule has 4 nitrogen and oxygen atoms in total. The van der Waals surface area contributed by atoms with Gasteiger partial charge in [-0.25, -0.2) is 4.79 Å². The normalized spacial score (nSPS) is 21.9. The van der Waals surface area contributed by atoms with Crippen LogP contribution in [0, 0.1) is 5.92 Å². The van der Waals surface area contributed by atoms with E-state index < -0.39 is 11.5 Å². The molecule has 1 fully saturated rings. The zero-order valence-electron chi connectivity index (χ0n) is 6.33. The highest BCUT2D eigenvalue weighted by Gasteiger charge is 2.47. The van der Waals surface area contributed by atoms with Gasteiger partial charge in [0.25, 0.3) is 0 Å². The van der Waals surface area contributed by atoms with Gasteiger partial charge >= 0.3 is 5.97 Å². The van der Waals surface area contributed by atoms with Gasteiger partial charge in [-0.05, 0) is 25.7 Å². The number of rotatable bonds is 4. The predicted octanol–water partition coefficient (Wildman–Crippen LogP) is -0.0143. The number of hydrogen-bond acceptors (Lipinski definition) is 2. The van der Waals surface area contributed by atoms with Crippen molar-refractivity contribution in [1.82, 2.24) is 5.32 Å². The number of carbonyl (C=O) groups excluding carboxylic acids is 1. The molecule has 0 aromatic carbocycles. The second-order valence-electron chi connectivity index (χ2n) is 3.04. The number of carbonyl (C=O) groups is 2. The molecule has 0 radical (unpaired) electrons. The van der Waals surface area contributed by atoms with Crippen LogP contribution in [0.1, 0.15) is 19.8 Å². The molecular weight excluding hydrogens is 146 g/mol. The minimum absolute atomic E-state index is 0.116. The summed E-state index contributed by atoms with van der Waals surface area (Å²) in [6.07, 6.45) is 2.24. The lowest BCUT2D eigenvalue weighted by atomic mass is 9.97. The first-order chi connectivity index (χ1) is 5.11. The fraction of sp³-hybridized carbons (Fsp3) is 0.714. The van der Waals surface area contributed by atoms with Crippen molar-refractivity contribution in [3.63, 3.8) is 0 Å². The maximum Gasteiger partial charge on any atom is 0.329 e. The molecule has 1 aliphatic rings. The molecule has 11 heavy (non-hydrogen) atoms. The Hall–Kier alpha value is -1.06. The third-order valence-electron chi connectivity index (χ3n) is 2.20. The van der Waals surface area contributed by atoms with Crippen molar-refractivity contribution in [3.05, 3.63) is 0 Å². The van der Waals surface area contributed by atoms with E-state index in [-0.39, 0.29) is 5.92 Å². The van der Waals surface area contributed by atoms with Crippen LogP contribution in [0.4, 0.5) is 0 Å². The lowest BCUT2D eigenvalue weighted by Crippen LogP contribution is -2.50. The molecule has 1 amide bonds. The maximum absolute atomic E-state index is 10.7. The van der Waals surface area contributed by atoms with E-state index in [1.54, 1.807) is 6.92 Å². The van der Waals surface area contributed by atoms with Crippen LogP contribution >= 0.6 is 0 Å². The molecule has 1 aliphatic carbocycles. The Morgan fingerprint density at radius 1 is 1.73 bits per heavy atom. The fourth-order valence-corrected chi connectivity index (χ4v) is 1.14. The largest absolute Gasteiger partial charge is 0.480 e. The summed E-state index contributed by atoms with van der Waals surface area (Å²) >= 11 is 0. The molecule has 0 spiro atoms. The Labute approximate surface area is 64.6 Å². The molecule has 0 saturated heterocycles. The molecule has 2 N–H and O–H groups in total. The van der Waals surface area contributed by atoms with Crippen molar-refractivity contribution in [1.29, 1.82) is 0 Å². The first kappa shape index (κ1) is 8.04. The molecule has 1 saturated carbocycles. The standard InChI is InChI=1S/C7H11NO3/c1-7(6(10)11,8-4-9)5-2-3-5/h4-5H,2-3H2,1H3,(H,8,9)(H,10,11). The Balaban J connectivity index is 2.68. The summed E-state index contributed by atoms with van der Waals surface area (Å²) in [5.41, 5.74) is -1.04. The molecule has 0 aromatic rings. The van der Waals surface area contributed by atoms with Crippen LogP contribution in [-0.2, 0) is 9.59 Å². The van der Waals surface area contributed by atoms with E-state index in [1.165, 1.54) is 0 Å². The van der Waals surface area contributed by atoms with E-state index in [1.807, 2.05) is 0 Å². The number of carboxylic acid groups (broad SMARTS) is 1. The van der Waals surface area contributed by atoms with Crippen LogP contribution in [0.3, 0.4) is 0 Å². The van der Waals surface area contributed by atoms with Crippen molar-refractivity contribution < 1.29 is 14.7 Å². The third-order valence-corrected chi connectivity index (χ3v) is 2.20. The second-order valence-corrected chi connectivity index (χ2v) is 3.04. The van der Waals surface area contributed by atoms with Crippen LogP contribution in [0.25, 0.3) is 0 Å². The Kier molecular flexibility index (Phi) is 1.85. The van der Waals surface area contributed by atoms with Gasteiger partial charge < -0.3 is 10.4 Å². The topological polar surface area (TPSA) is 66.4 Å². The number of amides is 1. The van der Waals surface area contributed by atoms with E-state index in [9.17, 15) is 9.59 Å². The monoisotopic (exact) mass is 157 g/mol. The summed E-state index contributed by atoms with van der Waals surface area (Å²) < 4.78 is 0. The van der Waals surface area contributed by atoms with E-state index >= 15 is 0 Å². The van der Waals surface area contributed by atoms with Gasteiger partial charge in [0.15, 0.2) is 0 Å². The molecular formula is C7H11NO3. The van der Waals surface area contributed by atoms with Crippen molar-refractivity contribution >= 4 is 12.4 Å². The Morgan fingerprint density at radius 3 is 2.55 bits per heavy atom. The molecule has 1 unspecified atom stereocenters. The molecule has 62 valence electrons. The van der Waals surface area contributed by atoms with Crippen LogP contribution in [-0.4, -0.2) is 23.0 Å². The number of nitrogens with one attached hydrogen (secondary N) is 1. The van der Waals surface area contributed by atoms with Gasteiger partial charge in [-0.15, -0.1) is 0 Å². The smallest absolute Gasteiger partial charge is 0.329 e. The van der Waals surface area contributed by atoms with Crippen molar-refractivity contribution in [2.45, 2.75) is 25.3 Å². The summed E-state index contributed by atoms with van der Waals surface area (Å²) in [4.78, 5) is 20.8. The van der Waals surface area contributed by atoms with Crippen LogP contribution < -0.4 is 5.32 Å². The van der Waals surface area contributed by atoms with Gasteiger partial charge in [-0.1, -0.05) is 0 Å². The third kappa shape index (κ3) is 1.34. The highest BCUT2D eigenvalue weighted by Crippen LogP contribution is 2.39. The Morgan fingerprint density at radius 2 is 2.27 bits per heavy atom. The van der Waals surface area contributed by atoms with Gasteiger partial charge in [-0.3, -0.25) is 4.79 Å². The van der Waals surface area contributed by atoms with Crippen LogP contribution in [0.2, 0.25) is 0 Å². The molecule has 0 aromatic heterocycles. The lowest BCUT2D eigenvalue weighted by Gasteiger charge is -2.23. The summed E-state index contributed by atoms with van der Waals surface area (Å²) in [5.74, 6) is -0.836. The molecule has 0 aliphatic heterocycles. The summed E-state index contributed by atoms with van der Waals surface area (Å²) in [6.45, 7) is 1.54. The average molecular weight is 157 g/mol. The fourth-order valence-electron chi connectivity index (χ4n) is 1.14. The maximum atomic E-state index is 10.7. The van der Waals surface area contributed by atoms with E-state index in [2.05, 4.69) is 5.32 Å². The van der Waals surface area contributed by atoms with Gasteiger partial charge in [0.2, 0.25) is 6.41 Å². The zero-order valence-corrected chi connectivity index (χ0v) is 6.33. The van der Waals surface area contributed by atoms with Gasteiger partial charge in [0.1, 0.15) is 5.54 Å². The predicted molar refractivity (Wildman–Crippen MR) is 38.0 cm³/mol.